The third kappa shape index (κ3) is 6.59. The topological polar surface area (TPSA) is 55.4 Å². The summed E-state index contributed by atoms with van der Waals surface area (Å²) < 4.78 is 35.2. The van der Waals surface area contributed by atoms with Gasteiger partial charge in [0.2, 0.25) is 11.5 Å². The monoisotopic (exact) mass is 884 g/mol. The number of fused-ring (bicyclic) bond motifs is 10. The summed E-state index contributed by atoms with van der Waals surface area (Å²) in [6, 6.07) is 45.6. The first-order chi connectivity index (χ1) is 32.4. The number of rotatable bonds is 10. The fourth-order valence-electron chi connectivity index (χ4n) is 10.8. The number of methoxy groups -OCH3 is 6. The van der Waals surface area contributed by atoms with Crippen molar-refractivity contribution in [2.75, 3.05) is 42.7 Å². The molecule has 0 saturated heterocycles. The number of benzene rings is 8. The van der Waals surface area contributed by atoms with Crippen molar-refractivity contribution in [3.8, 4) is 101 Å². The average Bonchev–Trinajstić information content (AvgIpc) is 3.81. The van der Waals surface area contributed by atoms with Gasteiger partial charge in [-0.1, -0.05) is 72.8 Å². The molecule has 0 atom stereocenters. The van der Waals surface area contributed by atoms with Gasteiger partial charge in [0.25, 0.3) is 0 Å². The number of hydrogen-bond acceptors (Lipinski definition) is 6. The summed E-state index contributed by atoms with van der Waals surface area (Å²) >= 11 is 0. The zero-order valence-electron chi connectivity index (χ0n) is 40.5. The van der Waals surface area contributed by atoms with Crippen LogP contribution >= 0.6 is 0 Å². The average molecular weight is 885 g/mol. The molecule has 2 aliphatic carbocycles. The van der Waals surface area contributed by atoms with Crippen LogP contribution < -0.4 is 28.4 Å². The van der Waals surface area contributed by atoms with E-state index >= 15 is 0 Å². The molecule has 336 valence electrons. The van der Waals surface area contributed by atoms with Crippen LogP contribution in [-0.4, -0.2) is 42.7 Å². The second kappa shape index (κ2) is 16.5. The Kier molecular flexibility index (Phi) is 10.7. The molecule has 8 aromatic carbocycles. The maximum Gasteiger partial charge on any atom is 0.203 e. The Balaban J connectivity index is 1.33. The third-order valence-electron chi connectivity index (χ3n) is 14.8. The van der Waals surface area contributed by atoms with E-state index in [-0.39, 0.29) is 0 Å². The number of hydrogen-bond donors (Lipinski definition) is 0. The molecule has 0 bridgehead atoms. The Labute approximate surface area is 394 Å². The lowest BCUT2D eigenvalue weighted by Gasteiger charge is -2.32. The van der Waals surface area contributed by atoms with Crippen molar-refractivity contribution in [1.29, 1.82) is 0 Å². The van der Waals surface area contributed by atoms with Crippen molar-refractivity contribution >= 4 is 0 Å². The van der Waals surface area contributed by atoms with E-state index in [2.05, 4.69) is 139 Å². The van der Waals surface area contributed by atoms with Gasteiger partial charge in [-0.05, 0) is 212 Å². The van der Waals surface area contributed by atoms with Crippen LogP contribution in [0.5, 0.6) is 34.5 Å². The molecular weight excluding hydrogens is 829 g/mol. The molecule has 8 aromatic rings. The lowest BCUT2D eigenvalue weighted by Crippen LogP contribution is -2.26. The molecule has 10 rings (SSSR count). The van der Waals surface area contributed by atoms with E-state index in [9.17, 15) is 0 Å². The molecule has 0 amide bonds. The van der Waals surface area contributed by atoms with Crippen molar-refractivity contribution < 1.29 is 28.4 Å². The summed E-state index contributed by atoms with van der Waals surface area (Å²) in [7, 11) is 9.93. The number of aryl methyl sites for hydroxylation is 4. The fraction of sp³-hybridized carbons (Fsp3) is 0.213. The van der Waals surface area contributed by atoms with Gasteiger partial charge in [0.15, 0.2) is 23.0 Å². The quantitative estimate of drug-likeness (QED) is 0.136. The van der Waals surface area contributed by atoms with Gasteiger partial charge in [0.1, 0.15) is 0 Å². The minimum atomic E-state index is -0.738. The molecule has 0 fully saturated rings. The molecule has 1 spiro atoms. The Morgan fingerprint density at radius 2 is 0.507 bits per heavy atom. The summed E-state index contributed by atoms with van der Waals surface area (Å²) in [4.78, 5) is 0. The highest BCUT2D eigenvalue weighted by Gasteiger charge is 2.52. The normalized spacial score (nSPS) is 12.6. The van der Waals surface area contributed by atoms with E-state index < -0.39 is 5.41 Å². The molecule has 0 N–H and O–H groups in total. The van der Waals surface area contributed by atoms with Crippen molar-refractivity contribution in [3.05, 3.63) is 177 Å². The maximum absolute atomic E-state index is 5.90. The lowest BCUT2D eigenvalue weighted by atomic mass is 9.69. The van der Waals surface area contributed by atoms with Crippen LogP contribution in [0.4, 0.5) is 0 Å². The fourth-order valence-corrected chi connectivity index (χ4v) is 10.8. The van der Waals surface area contributed by atoms with Crippen LogP contribution in [0.1, 0.15) is 55.6 Å². The molecule has 0 unspecified atom stereocenters. The third-order valence-corrected chi connectivity index (χ3v) is 14.8. The first-order valence-corrected chi connectivity index (χ1v) is 22.7. The van der Waals surface area contributed by atoms with E-state index in [1.807, 2.05) is 24.3 Å². The van der Waals surface area contributed by atoms with Crippen LogP contribution in [0.15, 0.2) is 121 Å². The minimum absolute atomic E-state index is 0.556. The van der Waals surface area contributed by atoms with Crippen LogP contribution in [-0.2, 0) is 5.41 Å². The molecule has 6 nitrogen and oxygen atoms in total. The highest BCUT2D eigenvalue weighted by Crippen LogP contribution is 2.64. The zero-order valence-corrected chi connectivity index (χ0v) is 40.5. The largest absolute Gasteiger partial charge is 0.493 e. The second-order valence-corrected chi connectivity index (χ2v) is 18.1. The molecular formula is C61H56O6. The van der Waals surface area contributed by atoms with Gasteiger partial charge < -0.3 is 28.4 Å². The smallest absolute Gasteiger partial charge is 0.203 e. The van der Waals surface area contributed by atoms with Gasteiger partial charge in [0.05, 0.1) is 48.1 Å². The Hall–Kier alpha value is -7.44. The summed E-state index contributed by atoms with van der Waals surface area (Å²) in [5.41, 5.74) is 25.5. The van der Waals surface area contributed by atoms with E-state index in [1.54, 1.807) is 42.7 Å². The van der Waals surface area contributed by atoms with Gasteiger partial charge in [-0.2, -0.15) is 0 Å². The maximum atomic E-state index is 5.90. The van der Waals surface area contributed by atoms with Crippen molar-refractivity contribution in [1.82, 2.24) is 0 Å². The molecule has 2 aliphatic rings. The van der Waals surface area contributed by atoms with Gasteiger partial charge in [0, 0.05) is 0 Å². The van der Waals surface area contributed by atoms with Gasteiger partial charge in [-0.15, -0.1) is 0 Å². The minimum Gasteiger partial charge on any atom is -0.493 e. The molecule has 0 saturated carbocycles. The van der Waals surface area contributed by atoms with Crippen LogP contribution in [0, 0.1) is 41.5 Å². The van der Waals surface area contributed by atoms with Crippen molar-refractivity contribution in [3.63, 3.8) is 0 Å². The second-order valence-electron chi connectivity index (χ2n) is 18.1. The summed E-state index contributed by atoms with van der Waals surface area (Å²) in [6.07, 6.45) is 0. The summed E-state index contributed by atoms with van der Waals surface area (Å²) in [5.74, 6) is 3.51. The van der Waals surface area contributed by atoms with Crippen molar-refractivity contribution in [2.45, 2.75) is 47.0 Å². The van der Waals surface area contributed by atoms with Gasteiger partial charge >= 0.3 is 0 Å². The predicted octanol–water partition coefficient (Wildman–Crippen LogP) is 14.6. The lowest BCUT2D eigenvalue weighted by molar-refractivity contribution is 0.324. The van der Waals surface area contributed by atoms with E-state index in [1.165, 1.54) is 100 Å². The number of ether oxygens (including phenoxy) is 6. The SMILES string of the molecule is COc1cc(-c2ccc3c(c2)C2(c4cc(-c5cc(C)c(C)c(C)c5)ccc4-3)c3cc(-c4cc(C)c(C)c(C)c4)ccc3-c3ccc(-c4cc(OC)c(OC)c(OC)c4)cc32)cc(OC)c1OC. The molecule has 0 aromatic heterocycles. The molecule has 67 heavy (non-hydrogen) atoms. The molecule has 0 heterocycles. The molecule has 0 aliphatic heterocycles. The van der Waals surface area contributed by atoms with E-state index in [0.29, 0.717) is 34.5 Å². The summed E-state index contributed by atoms with van der Waals surface area (Å²) in [6.45, 7) is 13.3. The van der Waals surface area contributed by atoms with Crippen molar-refractivity contribution in [2.24, 2.45) is 0 Å². The predicted molar refractivity (Wildman–Crippen MR) is 272 cm³/mol. The van der Waals surface area contributed by atoms with Gasteiger partial charge in [-0.3, -0.25) is 0 Å². The Morgan fingerprint density at radius 3 is 0.731 bits per heavy atom. The first-order valence-electron chi connectivity index (χ1n) is 22.7. The standard InChI is InChI=1S/C61H56O6/c1-33-21-43(22-34(2)37(33)5)39-13-17-47-49-19-15-41(45-29-55(62-7)59(66-11)56(30-45)63-8)27-53(49)61(51(47)25-39)52-26-40(44-23-35(3)38(6)36(4)24-44)14-18-48(52)50-20-16-42(28-54(50)61)46-31-57(64-9)60(67-12)58(32-46)65-10/h13-32H,1-12H3. The molecule has 0 radical (unpaired) electrons. The van der Waals surface area contributed by atoms with E-state index in [0.717, 1.165) is 22.3 Å². The highest BCUT2D eigenvalue weighted by atomic mass is 16.5. The van der Waals surface area contributed by atoms with Crippen LogP contribution in [0.2, 0.25) is 0 Å². The first kappa shape index (κ1) is 43.5. The highest BCUT2D eigenvalue weighted by molar-refractivity contribution is 5.99. The Morgan fingerprint density at radius 1 is 0.269 bits per heavy atom. The Bertz CT molecular complexity index is 3020. The summed E-state index contributed by atoms with van der Waals surface area (Å²) in [5, 5.41) is 0. The molecule has 6 heteroatoms. The van der Waals surface area contributed by atoms with Gasteiger partial charge in [-0.25, -0.2) is 0 Å². The van der Waals surface area contributed by atoms with Crippen LogP contribution in [0.3, 0.4) is 0 Å². The van der Waals surface area contributed by atoms with Crippen LogP contribution in [0.25, 0.3) is 66.8 Å². The zero-order chi connectivity index (χ0) is 47.1. The van der Waals surface area contributed by atoms with E-state index in [4.69, 9.17) is 28.4 Å².